The maximum atomic E-state index is 13.6. The number of carbonyl (C=O) groups is 2. The van der Waals surface area contributed by atoms with Crippen LogP contribution in [0.5, 0.6) is 0 Å². The molecule has 1 saturated carbocycles. The van der Waals surface area contributed by atoms with E-state index in [9.17, 15) is 18.4 Å². The summed E-state index contributed by atoms with van der Waals surface area (Å²) in [5.41, 5.74) is 0.966. The monoisotopic (exact) mass is 502 g/mol. The number of piperidine rings is 1. The van der Waals surface area contributed by atoms with Crippen molar-refractivity contribution in [1.82, 2.24) is 20.4 Å². The molecule has 8 heteroatoms. The van der Waals surface area contributed by atoms with Crippen LogP contribution in [0.1, 0.15) is 83.2 Å². The van der Waals surface area contributed by atoms with Crippen molar-refractivity contribution in [1.29, 1.82) is 0 Å². The van der Waals surface area contributed by atoms with E-state index < -0.39 is 5.92 Å². The van der Waals surface area contributed by atoms with Gasteiger partial charge in [0.1, 0.15) is 0 Å². The quantitative estimate of drug-likeness (QED) is 0.560. The van der Waals surface area contributed by atoms with Crippen LogP contribution in [0.2, 0.25) is 0 Å². The molecule has 4 fully saturated rings. The van der Waals surface area contributed by atoms with Gasteiger partial charge in [0.25, 0.3) is 0 Å². The van der Waals surface area contributed by atoms with E-state index in [1.165, 1.54) is 0 Å². The molecule has 4 aliphatic rings. The minimum atomic E-state index is -2.63. The van der Waals surface area contributed by atoms with Crippen LogP contribution in [-0.2, 0) is 4.79 Å². The van der Waals surface area contributed by atoms with Gasteiger partial charge in [0.05, 0.1) is 11.6 Å². The molecular formula is C28H40F2N4O2. The lowest BCUT2D eigenvalue weighted by Gasteiger charge is -2.49. The smallest absolute Gasteiger partial charge is 0.318 e. The maximum absolute atomic E-state index is 13.6. The average molecular weight is 503 g/mol. The molecule has 0 radical (unpaired) electrons. The van der Waals surface area contributed by atoms with Crippen LogP contribution in [0, 0.1) is 5.92 Å². The Hall–Kier alpha value is -2.22. The molecular weight excluding hydrogens is 462 g/mol. The second-order valence-corrected chi connectivity index (χ2v) is 11.8. The number of carbonyl (C=O) groups excluding carboxylic acids is 2. The topological polar surface area (TPSA) is 64.7 Å². The van der Waals surface area contributed by atoms with Crippen LogP contribution in [0.4, 0.5) is 13.6 Å². The summed E-state index contributed by atoms with van der Waals surface area (Å²) in [6.45, 7) is 5.80. The van der Waals surface area contributed by atoms with Crippen LogP contribution < -0.4 is 10.6 Å². The number of amides is 3. The molecule has 198 valence electrons. The number of nitrogens with zero attached hydrogens (tertiary/aromatic N) is 2. The van der Waals surface area contributed by atoms with E-state index in [1.807, 2.05) is 30.3 Å². The summed E-state index contributed by atoms with van der Waals surface area (Å²) in [4.78, 5) is 30.3. The zero-order chi connectivity index (χ0) is 25.5. The van der Waals surface area contributed by atoms with Crippen molar-refractivity contribution in [2.75, 3.05) is 13.1 Å². The number of halogens is 2. The Morgan fingerprint density at radius 1 is 1.08 bits per heavy atom. The van der Waals surface area contributed by atoms with Crippen LogP contribution in [0.25, 0.3) is 0 Å². The van der Waals surface area contributed by atoms with E-state index in [-0.39, 0.29) is 61.2 Å². The molecule has 6 nitrogen and oxygen atoms in total. The number of benzene rings is 1. The molecule has 2 N–H and O–H groups in total. The first-order valence-electron chi connectivity index (χ1n) is 13.7. The second kappa shape index (κ2) is 9.92. The average Bonchev–Trinajstić information content (AvgIpc) is 3.29. The molecule has 2 bridgehead atoms. The SMILES string of the molecule is CC(C)N1C(=O)NCC12CC1CCC(C2)N1CC[C@H](NC(=O)C1CCC(F)(F)CC1)c1ccccc1. The molecule has 3 amide bonds. The van der Waals surface area contributed by atoms with Crippen molar-refractivity contribution in [2.45, 2.75) is 107 Å². The molecule has 1 aliphatic carbocycles. The molecule has 1 spiro atoms. The van der Waals surface area contributed by atoms with Crippen LogP contribution in [0.3, 0.4) is 0 Å². The number of alkyl halides is 2. The Kier molecular flexibility index (Phi) is 7.01. The highest BCUT2D eigenvalue weighted by atomic mass is 19.3. The van der Waals surface area contributed by atoms with E-state index in [0.717, 1.165) is 50.8 Å². The van der Waals surface area contributed by atoms with Crippen molar-refractivity contribution in [2.24, 2.45) is 5.92 Å². The molecule has 3 saturated heterocycles. The largest absolute Gasteiger partial charge is 0.349 e. The van der Waals surface area contributed by atoms with Gasteiger partial charge in [-0.15, -0.1) is 0 Å². The summed E-state index contributed by atoms with van der Waals surface area (Å²) < 4.78 is 27.2. The van der Waals surface area contributed by atoms with Crippen LogP contribution in [-0.4, -0.2) is 64.4 Å². The number of rotatable bonds is 7. The van der Waals surface area contributed by atoms with Crippen molar-refractivity contribution in [3.63, 3.8) is 0 Å². The highest BCUT2D eigenvalue weighted by Gasteiger charge is 2.55. The fraction of sp³-hybridized carbons (Fsp3) is 0.714. The van der Waals surface area contributed by atoms with Gasteiger partial charge >= 0.3 is 6.03 Å². The van der Waals surface area contributed by atoms with Gasteiger partial charge in [0, 0.05) is 50.0 Å². The van der Waals surface area contributed by atoms with Gasteiger partial charge in [-0.3, -0.25) is 9.69 Å². The maximum Gasteiger partial charge on any atom is 0.318 e. The van der Waals surface area contributed by atoms with Crippen LogP contribution in [0.15, 0.2) is 30.3 Å². The van der Waals surface area contributed by atoms with Gasteiger partial charge in [0.2, 0.25) is 11.8 Å². The summed E-state index contributed by atoms with van der Waals surface area (Å²) in [6, 6.07) is 11.0. The predicted molar refractivity (Wildman–Crippen MR) is 135 cm³/mol. The van der Waals surface area contributed by atoms with E-state index in [2.05, 4.69) is 34.3 Å². The summed E-state index contributed by atoms with van der Waals surface area (Å²) in [5.74, 6) is -3.07. The molecule has 3 atom stereocenters. The third kappa shape index (κ3) is 4.98. The summed E-state index contributed by atoms with van der Waals surface area (Å²) in [7, 11) is 0. The molecule has 36 heavy (non-hydrogen) atoms. The fourth-order valence-corrected chi connectivity index (χ4v) is 7.41. The Morgan fingerprint density at radius 3 is 2.33 bits per heavy atom. The lowest BCUT2D eigenvalue weighted by Crippen LogP contribution is -2.60. The van der Waals surface area contributed by atoms with E-state index in [1.54, 1.807) is 0 Å². The molecule has 5 rings (SSSR count). The van der Waals surface area contributed by atoms with Crippen molar-refractivity contribution in [3.8, 4) is 0 Å². The zero-order valence-electron chi connectivity index (χ0n) is 21.5. The number of urea groups is 1. The molecule has 1 aromatic rings. The second-order valence-electron chi connectivity index (χ2n) is 11.8. The molecule has 0 aromatic heterocycles. The Labute approximate surface area is 213 Å². The first-order chi connectivity index (χ1) is 17.2. The minimum Gasteiger partial charge on any atom is -0.349 e. The number of nitrogens with one attached hydrogen (secondary N) is 2. The van der Waals surface area contributed by atoms with Crippen molar-refractivity contribution >= 4 is 11.9 Å². The van der Waals surface area contributed by atoms with Crippen molar-refractivity contribution < 1.29 is 18.4 Å². The normalized spacial score (nSPS) is 31.1. The fourth-order valence-electron chi connectivity index (χ4n) is 7.41. The molecule has 3 heterocycles. The van der Waals surface area contributed by atoms with E-state index >= 15 is 0 Å². The minimum absolute atomic E-state index is 0.0604. The van der Waals surface area contributed by atoms with Gasteiger partial charge in [-0.1, -0.05) is 30.3 Å². The third-order valence-corrected chi connectivity index (χ3v) is 9.10. The molecule has 3 aliphatic heterocycles. The molecule has 2 unspecified atom stereocenters. The Morgan fingerprint density at radius 2 is 1.72 bits per heavy atom. The zero-order valence-corrected chi connectivity index (χ0v) is 21.5. The Balaban J connectivity index is 1.25. The Bertz CT molecular complexity index is 932. The first-order valence-corrected chi connectivity index (χ1v) is 13.7. The van der Waals surface area contributed by atoms with Gasteiger partial charge < -0.3 is 15.5 Å². The number of hydrogen-bond acceptors (Lipinski definition) is 3. The van der Waals surface area contributed by atoms with Gasteiger partial charge in [-0.05, 0) is 64.4 Å². The highest BCUT2D eigenvalue weighted by Crippen LogP contribution is 2.46. The third-order valence-electron chi connectivity index (χ3n) is 9.10. The van der Waals surface area contributed by atoms with Gasteiger partial charge in [0.15, 0.2) is 0 Å². The van der Waals surface area contributed by atoms with E-state index in [0.29, 0.717) is 12.1 Å². The van der Waals surface area contributed by atoms with Crippen LogP contribution >= 0.6 is 0 Å². The number of fused-ring (bicyclic) bond motifs is 2. The van der Waals surface area contributed by atoms with Crippen molar-refractivity contribution in [3.05, 3.63) is 35.9 Å². The van der Waals surface area contributed by atoms with Gasteiger partial charge in [-0.2, -0.15) is 0 Å². The lowest BCUT2D eigenvalue weighted by molar-refractivity contribution is -0.130. The molecule has 1 aromatic carbocycles. The summed E-state index contributed by atoms with van der Waals surface area (Å²) in [6.07, 6.45) is 5.13. The van der Waals surface area contributed by atoms with Gasteiger partial charge in [-0.25, -0.2) is 13.6 Å². The summed E-state index contributed by atoms with van der Waals surface area (Å²) in [5, 5.41) is 6.32. The lowest BCUT2D eigenvalue weighted by atomic mass is 9.81. The standard InChI is InChI=1S/C28H40F2N4O2/c1-19(2)34-26(36)31-18-27(34)16-22-8-9-23(17-27)33(22)15-12-24(20-6-4-3-5-7-20)32-25(35)21-10-13-28(29,30)14-11-21/h3-7,19,21-24H,8-18H2,1-2H3,(H,31,36)(H,32,35)/t22?,23?,24-,27?/m0/s1. The first kappa shape index (κ1) is 25.4. The highest BCUT2D eigenvalue weighted by molar-refractivity contribution is 5.79. The predicted octanol–water partition coefficient (Wildman–Crippen LogP) is 4.86. The van der Waals surface area contributed by atoms with E-state index in [4.69, 9.17) is 0 Å². The number of hydrogen-bond donors (Lipinski definition) is 2. The summed E-state index contributed by atoms with van der Waals surface area (Å²) >= 11 is 0.